The van der Waals surface area contributed by atoms with Crippen molar-refractivity contribution in [3.8, 4) is 0 Å². The van der Waals surface area contributed by atoms with E-state index in [-0.39, 0.29) is 5.78 Å². The van der Waals surface area contributed by atoms with Crippen molar-refractivity contribution < 1.29 is 4.79 Å². The molecule has 0 radical (unpaired) electrons. The van der Waals surface area contributed by atoms with E-state index in [2.05, 4.69) is 22.0 Å². The van der Waals surface area contributed by atoms with Crippen molar-refractivity contribution in [3.63, 3.8) is 0 Å². The summed E-state index contributed by atoms with van der Waals surface area (Å²) in [6.07, 6.45) is 3.39. The average molecular weight is 336 g/mol. The van der Waals surface area contributed by atoms with E-state index >= 15 is 0 Å². The van der Waals surface area contributed by atoms with Crippen LogP contribution in [0.2, 0.25) is 5.02 Å². The number of benzene rings is 2. The van der Waals surface area contributed by atoms with Gasteiger partial charge in [0.05, 0.1) is 0 Å². The molecule has 3 rings (SSSR count). The van der Waals surface area contributed by atoms with Gasteiger partial charge in [-0.25, -0.2) is 0 Å². The molecule has 1 aliphatic rings. The predicted molar refractivity (Wildman–Crippen MR) is 81.1 cm³/mol. The van der Waals surface area contributed by atoms with Gasteiger partial charge in [0.15, 0.2) is 5.78 Å². The summed E-state index contributed by atoms with van der Waals surface area (Å²) < 4.78 is 0.780. The maximum Gasteiger partial charge on any atom is 0.194 e. The van der Waals surface area contributed by atoms with Crippen LogP contribution in [-0.2, 0) is 12.8 Å². The van der Waals surface area contributed by atoms with Gasteiger partial charge >= 0.3 is 0 Å². The van der Waals surface area contributed by atoms with Gasteiger partial charge in [-0.2, -0.15) is 0 Å². The molecule has 0 fully saturated rings. The third-order valence-corrected chi connectivity index (χ3v) is 4.46. The Kier molecular flexibility index (Phi) is 3.46. The molecule has 0 N–H and O–H groups in total. The third-order valence-electron chi connectivity index (χ3n) is 3.53. The fourth-order valence-corrected chi connectivity index (χ4v) is 3.14. The SMILES string of the molecule is O=C(c1ccc2c(c1)CCC2)c1cc(Cl)ccc1Br. The molecule has 0 bridgehead atoms. The molecule has 0 aliphatic heterocycles. The topological polar surface area (TPSA) is 17.1 Å². The van der Waals surface area contributed by atoms with E-state index in [0.29, 0.717) is 10.6 Å². The lowest BCUT2D eigenvalue weighted by molar-refractivity contribution is 0.103. The maximum absolute atomic E-state index is 12.5. The summed E-state index contributed by atoms with van der Waals surface area (Å²) in [6, 6.07) is 11.3. The van der Waals surface area contributed by atoms with Crippen LogP contribution in [0.3, 0.4) is 0 Å². The molecule has 0 unspecified atom stereocenters. The molecular weight excluding hydrogens is 324 g/mol. The van der Waals surface area contributed by atoms with Gasteiger partial charge in [0.2, 0.25) is 0 Å². The summed E-state index contributed by atoms with van der Waals surface area (Å²) in [5, 5.41) is 0.577. The van der Waals surface area contributed by atoms with Crippen LogP contribution in [0, 0.1) is 0 Å². The molecular formula is C16H12BrClO. The number of hydrogen-bond donors (Lipinski definition) is 0. The minimum absolute atomic E-state index is 0.0177. The fraction of sp³-hybridized carbons (Fsp3) is 0.188. The van der Waals surface area contributed by atoms with E-state index in [4.69, 9.17) is 11.6 Å². The Balaban J connectivity index is 2.02. The van der Waals surface area contributed by atoms with Gasteiger partial charge in [-0.1, -0.05) is 39.7 Å². The molecule has 1 nitrogen and oxygen atoms in total. The highest BCUT2D eigenvalue weighted by atomic mass is 79.9. The first kappa shape index (κ1) is 12.9. The highest BCUT2D eigenvalue weighted by Crippen LogP contribution is 2.27. The number of hydrogen-bond acceptors (Lipinski definition) is 1. The molecule has 0 heterocycles. The van der Waals surface area contributed by atoms with Crippen molar-refractivity contribution in [3.05, 3.63) is 68.1 Å². The van der Waals surface area contributed by atoms with E-state index < -0.39 is 0 Å². The molecule has 2 aromatic carbocycles. The Morgan fingerprint density at radius 2 is 1.84 bits per heavy atom. The first-order valence-corrected chi connectivity index (χ1v) is 7.44. The van der Waals surface area contributed by atoms with Crippen LogP contribution in [0.25, 0.3) is 0 Å². The van der Waals surface area contributed by atoms with E-state index in [1.165, 1.54) is 17.5 Å². The van der Waals surface area contributed by atoms with Gasteiger partial charge in [0.1, 0.15) is 0 Å². The first-order chi connectivity index (χ1) is 9.15. The van der Waals surface area contributed by atoms with E-state index in [9.17, 15) is 4.79 Å². The largest absolute Gasteiger partial charge is 0.289 e. The second kappa shape index (κ2) is 5.10. The highest BCUT2D eigenvalue weighted by molar-refractivity contribution is 9.10. The van der Waals surface area contributed by atoms with Crippen LogP contribution in [0.4, 0.5) is 0 Å². The Morgan fingerprint density at radius 1 is 1.05 bits per heavy atom. The second-order valence-corrected chi connectivity index (χ2v) is 6.08. The Hall–Kier alpha value is -1.12. The van der Waals surface area contributed by atoms with Crippen LogP contribution >= 0.6 is 27.5 Å². The van der Waals surface area contributed by atoms with Gasteiger partial charge in [0.25, 0.3) is 0 Å². The normalized spacial score (nSPS) is 13.4. The monoisotopic (exact) mass is 334 g/mol. The molecule has 19 heavy (non-hydrogen) atoms. The number of halogens is 2. The quantitative estimate of drug-likeness (QED) is 0.719. The minimum atomic E-state index is 0.0177. The molecule has 2 aromatic rings. The first-order valence-electron chi connectivity index (χ1n) is 6.27. The second-order valence-electron chi connectivity index (χ2n) is 4.79. The number of fused-ring (bicyclic) bond motifs is 1. The molecule has 0 amide bonds. The van der Waals surface area contributed by atoms with Crippen LogP contribution in [0.5, 0.6) is 0 Å². The molecule has 0 atom stereocenters. The lowest BCUT2D eigenvalue weighted by atomic mass is 9.99. The van der Waals surface area contributed by atoms with Gasteiger partial charge in [-0.05, 0) is 54.7 Å². The van der Waals surface area contributed by atoms with Crippen LogP contribution in [0.1, 0.15) is 33.5 Å². The lowest BCUT2D eigenvalue weighted by Gasteiger charge is -2.07. The zero-order valence-corrected chi connectivity index (χ0v) is 12.6. The average Bonchev–Trinajstić information content (AvgIpc) is 2.88. The third kappa shape index (κ3) is 2.47. The Labute approximate surface area is 125 Å². The summed E-state index contributed by atoms with van der Waals surface area (Å²) in [5.41, 5.74) is 4.04. The number of carbonyl (C=O) groups excluding carboxylic acids is 1. The van der Waals surface area contributed by atoms with Crippen molar-refractivity contribution in [2.24, 2.45) is 0 Å². The standard InChI is InChI=1S/C16H12BrClO/c17-15-7-6-13(18)9-14(15)16(19)12-5-4-10-2-1-3-11(10)8-12/h4-9H,1-3H2. The molecule has 0 spiro atoms. The summed E-state index contributed by atoms with van der Waals surface area (Å²) in [6.45, 7) is 0. The number of carbonyl (C=O) groups is 1. The lowest BCUT2D eigenvalue weighted by Crippen LogP contribution is -2.03. The number of aryl methyl sites for hydroxylation is 2. The van der Waals surface area contributed by atoms with E-state index in [0.717, 1.165) is 22.9 Å². The fourth-order valence-electron chi connectivity index (χ4n) is 2.54. The predicted octanol–water partition coefficient (Wildman–Crippen LogP) is 4.82. The molecule has 0 saturated carbocycles. The summed E-state index contributed by atoms with van der Waals surface area (Å²) in [4.78, 5) is 12.5. The molecule has 1 aliphatic carbocycles. The van der Waals surface area contributed by atoms with Crippen molar-refractivity contribution in [2.45, 2.75) is 19.3 Å². The van der Waals surface area contributed by atoms with Crippen LogP contribution in [-0.4, -0.2) is 5.78 Å². The Morgan fingerprint density at radius 3 is 2.68 bits per heavy atom. The summed E-state index contributed by atoms with van der Waals surface area (Å²) >= 11 is 9.38. The highest BCUT2D eigenvalue weighted by Gasteiger charge is 2.17. The molecule has 96 valence electrons. The summed E-state index contributed by atoms with van der Waals surface area (Å²) in [7, 11) is 0. The molecule has 0 saturated heterocycles. The van der Waals surface area contributed by atoms with Gasteiger partial charge in [0, 0.05) is 20.6 Å². The number of rotatable bonds is 2. The molecule has 3 heteroatoms. The van der Waals surface area contributed by atoms with Gasteiger partial charge in [-0.3, -0.25) is 4.79 Å². The van der Waals surface area contributed by atoms with Crippen molar-refractivity contribution >= 4 is 33.3 Å². The molecule has 0 aromatic heterocycles. The van der Waals surface area contributed by atoms with Crippen LogP contribution in [0.15, 0.2) is 40.9 Å². The zero-order chi connectivity index (χ0) is 13.4. The summed E-state index contributed by atoms with van der Waals surface area (Å²) in [5.74, 6) is 0.0177. The minimum Gasteiger partial charge on any atom is -0.289 e. The maximum atomic E-state index is 12.5. The van der Waals surface area contributed by atoms with E-state index in [1.54, 1.807) is 12.1 Å². The van der Waals surface area contributed by atoms with Crippen molar-refractivity contribution in [2.75, 3.05) is 0 Å². The van der Waals surface area contributed by atoms with Gasteiger partial charge < -0.3 is 0 Å². The van der Waals surface area contributed by atoms with Crippen molar-refractivity contribution in [1.29, 1.82) is 0 Å². The zero-order valence-electron chi connectivity index (χ0n) is 10.2. The smallest absolute Gasteiger partial charge is 0.194 e. The van der Waals surface area contributed by atoms with Gasteiger partial charge in [-0.15, -0.1) is 0 Å². The van der Waals surface area contributed by atoms with Crippen LogP contribution < -0.4 is 0 Å². The number of ketones is 1. The Bertz CT molecular complexity index is 664. The van der Waals surface area contributed by atoms with Crippen molar-refractivity contribution in [1.82, 2.24) is 0 Å². The van der Waals surface area contributed by atoms with E-state index in [1.807, 2.05) is 18.2 Å².